The number of nitrogens with two attached hydrogens (primary N) is 1. The van der Waals surface area contributed by atoms with Gasteiger partial charge >= 0.3 is 0 Å². The fourth-order valence-electron chi connectivity index (χ4n) is 1.68. The fourth-order valence-corrected chi connectivity index (χ4v) is 1.68. The molecule has 1 aliphatic rings. The average Bonchev–Trinajstić information content (AvgIpc) is 2.86. The summed E-state index contributed by atoms with van der Waals surface area (Å²) in [6, 6.07) is 0.762. The quantitative estimate of drug-likeness (QED) is 0.790. The summed E-state index contributed by atoms with van der Waals surface area (Å²) in [6.45, 7) is 4.81. The van der Waals surface area contributed by atoms with Crippen LogP contribution in [0.25, 0.3) is 0 Å². The molecule has 0 radical (unpaired) electrons. The van der Waals surface area contributed by atoms with Crippen LogP contribution in [-0.2, 0) is 0 Å². The monoisotopic (exact) mass is 195 g/mol. The Morgan fingerprint density at radius 3 is 2.93 bits per heavy atom. The van der Waals surface area contributed by atoms with E-state index in [1.807, 2.05) is 0 Å². The number of hydrogen-bond acceptors (Lipinski definition) is 4. The lowest BCUT2D eigenvalue weighted by molar-refractivity contribution is 0.545. The number of hydrogen-bond donors (Lipinski definition) is 1. The molecule has 0 aromatic carbocycles. The second-order valence-electron chi connectivity index (χ2n) is 3.89. The Morgan fingerprint density at radius 2 is 2.29 bits per heavy atom. The molecule has 2 rings (SSSR count). The molecule has 0 amide bonds. The molecule has 4 heteroatoms. The Balaban J connectivity index is 2.08. The molecule has 0 saturated carbocycles. The van der Waals surface area contributed by atoms with Crippen LogP contribution in [0.4, 0.5) is 6.01 Å². The molecule has 1 fully saturated rings. The number of nitrogens with zero attached hydrogens (tertiary/aromatic N) is 2. The predicted molar refractivity (Wildman–Crippen MR) is 55.4 cm³/mol. The Morgan fingerprint density at radius 1 is 1.57 bits per heavy atom. The van der Waals surface area contributed by atoms with Gasteiger partial charge in [0, 0.05) is 25.6 Å². The zero-order valence-corrected chi connectivity index (χ0v) is 8.57. The summed E-state index contributed by atoms with van der Waals surface area (Å²) >= 11 is 0. The van der Waals surface area contributed by atoms with Crippen molar-refractivity contribution < 1.29 is 4.42 Å². The van der Waals surface area contributed by atoms with Crippen molar-refractivity contribution in [1.82, 2.24) is 4.98 Å². The number of aromatic nitrogens is 1. The molecule has 2 N–H and O–H groups in total. The Hall–Kier alpha value is -1.03. The molecule has 78 valence electrons. The lowest BCUT2D eigenvalue weighted by Gasteiger charge is -2.10. The molecule has 1 saturated heterocycles. The third kappa shape index (κ3) is 1.75. The smallest absolute Gasteiger partial charge is 0.297 e. The van der Waals surface area contributed by atoms with Crippen LogP contribution in [0.2, 0.25) is 0 Å². The lowest BCUT2D eigenvalue weighted by atomic mass is 10.1. The van der Waals surface area contributed by atoms with Crippen LogP contribution in [0, 0.1) is 0 Å². The van der Waals surface area contributed by atoms with E-state index in [1.54, 1.807) is 6.26 Å². The summed E-state index contributed by atoms with van der Waals surface area (Å²) in [5.41, 5.74) is 6.54. The Labute approximate surface area is 84.1 Å². The molecule has 1 aliphatic heterocycles. The first-order chi connectivity index (χ1) is 6.81. The number of oxazole rings is 1. The minimum absolute atomic E-state index is 0.287. The fraction of sp³-hybridized carbons (Fsp3) is 0.700. The first kappa shape index (κ1) is 9.52. The largest absolute Gasteiger partial charge is 0.432 e. The molecule has 1 atom stereocenters. The van der Waals surface area contributed by atoms with Crippen molar-refractivity contribution in [3.8, 4) is 0 Å². The maximum atomic E-state index is 5.57. The molecule has 1 unspecified atom stereocenters. The van der Waals surface area contributed by atoms with Gasteiger partial charge in [0.2, 0.25) is 0 Å². The average molecular weight is 195 g/mol. The van der Waals surface area contributed by atoms with Gasteiger partial charge in [0.25, 0.3) is 6.01 Å². The summed E-state index contributed by atoms with van der Waals surface area (Å²) < 4.78 is 5.43. The number of rotatable bonds is 3. The van der Waals surface area contributed by atoms with Crippen molar-refractivity contribution in [2.45, 2.75) is 25.7 Å². The molecular weight excluding hydrogens is 178 g/mol. The number of anilines is 1. The summed E-state index contributed by atoms with van der Waals surface area (Å²) in [4.78, 5) is 6.63. The molecule has 1 aromatic rings. The normalized spacial score (nSPS) is 18.9. The maximum Gasteiger partial charge on any atom is 0.297 e. The highest BCUT2D eigenvalue weighted by Crippen LogP contribution is 2.22. The zero-order chi connectivity index (χ0) is 9.97. The molecule has 4 nitrogen and oxygen atoms in total. The third-order valence-corrected chi connectivity index (χ3v) is 2.74. The molecule has 14 heavy (non-hydrogen) atoms. The van der Waals surface area contributed by atoms with Gasteiger partial charge in [0.1, 0.15) is 6.26 Å². The van der Waals surface area contributed by atoms with E-state index in [1.165, 1.54) is 12.8 Å². The van der Waals surface area contributed by atoms with E-state index >= 15 is 0 Å². The van der Waals surface area contributed by atoms with Crippen molar-refractivity contribution >= 4 is 6.01 Å². The van der Waals surface area contributed by atoms with Crippen molar-refractivity contribution in [3.05, 3.63) is 12.0 Å². The standard InChI is InChI=1S/C10H17N3O/c1-8(6-11)9-7-14-10(12-9)13-4-2-3-5-13/h7-8H,2-6,11H2,1H3. The van der Waals surface area contributed by atoms with Crippen LogP contribution in [0.5, 0.6) is 0 Å². The Kier molecular flexibility index (Phi) is 2.72. The lowest BCUT2D eigenvalue weighted by Crippen LogP contribution is -2.18. The Bertz CT molecular complexity index is 291. The second kappa shape index (κ2) is 4.00. The summed E-state index contributed by atoms with van der Waals surface area (Å²) in [5, 5.41) is 0. The van der Waals surface area contributed by atoms with Gasteiger partial charge < -0.3 is 15.1 Å². The first-order valence-corrected chi connectivity index (χ1v) is 5.21. The van der Waals surface area contributed by atoms with Gasteiger partial charge in [-0.3, -0.25) is 0 Å². The molecule has 2 heterocycles. The SMILES string of the molecule is CC(CN)c1coc(N2CCCC2)n1. The van der Waals surface area contributed by atoms with Crippen LogP contribution >= 0.6 is 0 Å². The van der Waals surface area contributed by atoms with E-state index in [4.69, 9.17) is 10.2 Å². The van der Waals surface area contributed by atoms with Gasteiger partial charge in [0.05, 0.1) is 5.69 Å². The van der Waals surface area contributed by atoms with Gasteiger partial charge in [-0.1, -0.05) is 6.92 Å². The summed E-state index contributed by atoms with van der Waals surface area (Å²) in [6.07, 6.45) is 4.21. The van der Waals surface area contributed by atoms with E-state index in [2.05, 4.69) is 16.8 Å². The first-order valence-electron chi connectivity index (χ1n) is 5.21. The van der Waals surface area contributed by atoms with E-state index in [9.17, 15) is 0 Å². The highest BCUT2D eigenvalue weighted by atomic mass is 16.4. The van der Waals surface area contributed by atoms with E-state index in [0.29, 0.717) is 6.54 Å². The van der Waals surface area contributed by atoms with E-state index in [-0.39, 0.29) is 5.92 Å². The van der Waals surface area contributed by atoms with Crippen molar-refractivity contribution in [3.63, 3.8) is 0 Å². The van der Waals surface area contributed by atoms with Gasteiger partial charge in [-0.15, -0.1) is 0 Å². The minimum Gasteiger partial charge on any atom is -0.432 e. The van der Waals surface area contributed by atoms with E-state index < -0.39 is 0 Å². The van der Waals surface area contributed by atoms with Gasteiger partial charge in [-0.25, -0.2) is 0 Å². The zero-order valence-electron chi connectivity index (χ0n) is 8.57. The van der Waals surface area contributed by atoms with Crippen LogP contribution < -0.4 is 10.6 Å². The summed E-state index contributed by atoms with van der Waals surface area (Å²) in [5.74, 6) is 0.287. The van der Waals surface area contributed by atoms with Crippen molar-refractivity contribution in [2.75, 3.05) is 24.5 Å². The van der Waals surface area contributed by atoms with Gasteiger partial charge in [0.15, 0.2) is 0 Å². The molecule has 0 bridgehead atoms. The highest BCUT2D eigenvalue weighted by Gasteiger charge is 2.18. The van der Waals surface area contributed by atoms with Crippen LogP contribution in [0.1, 0.15) is 31.4 Å². The van der Waals surface area contributed by atoms with Crippen molar-refractivity contribution in [1.29, 1.82) is 0 Å². The van der Waals surface area contributed by atoms with Crippen molar-refractivity contribution in [2.24, 2.45) is 5.73 Å². The van der Waals surface area contributed by atoms with Gasteiger partial charge in [-0.05, 0) is 12.8 Å². The molecule has 0 aliphatic carbocycles. The molecular formula is C10H17N3O. The van der Waals surface area contributed by atoms with Crippen LogP contribution in [0.15, 0.2) is 10.7 Å². The highest BCUT2D eigenvalue weighted by molar-refractivity contribution is 5.29. The van der Waals surface area contributed by atoms with Gasteiger partial charge in [-0.2, -0.15) is 4.98 Å². The molecule has 1 aromatic heterocycles. The maximum absolute atomic E-state index is 5.57. The topological polar surface area (TPSA) is 55.3 Å². The summed E-state index contributed by atoms with van der Waals surface area (Å²) in [7, 11) is 0. The van der Waals surface area contributed by atoms with E-state index in [0.717, 1.165) is 24.8 Å². The third-order valence-electron chi connectivity index (χ3n) is 2.74. The van der Waals surface area contributed by atoms with Crippen LogP contribution in [-0.4, -0.2) is 24.6 Å². The molecule has 0 spiro atoms. The minimum atomic E-state index is 0.287. The van der Waals surface area contributed by atoms with Crippen LogP contribution in [0.3, 0.4) is 0 Å². The second-order valence-corrected chi connectivity index (χ2v) is 3.89. The predicted octanol–water partition coefficient (Wildman–Crippen LogP) is 1.34.